The number of nitrogens with one attached hydrogen (secondary N) is 1. The van der Waals surface area contributed by atoms with Crippen LogP contribution in [0.25, 0.3) is 0 Å². The highest BCUT2D eigenvalue weighted by atomic mass is 35.5. The van der Waals surface area contributed by atoms with E-state index in [0.29, 0.717) is 42.5 Å². The fourth-order valence-corrected chi connectivity index (χ4v) is 3.24. The number of nitriles is 1. The minimum absolute atomic E-state index is 0.0841. The number of para-hydroxylation sites is 1. The van der Waals surface area contributed by atoms with Crippen molar-refractivity contribution in [2.45, 2.75) is 0 Å². The predicted molar refractivity (Wildman–Crippen MR) is 110 cm³/mol. The Hall–Kier alpha value is -3.24. The van der Waals surface area contributed by atoms with Crippen LogP contribution in [-0.2, 0) is 9.59 Å². The zero-order chi connectivity index (χ0) is 20.6. The molecule has 2 aromatic carbocycles. The average molecular weight is 413 g/mol. The minimum atomic E-state index is -0.413. The van der Waals surface area contributed by atoms with E-state index in [9.17, 15) is 9.59 Å². The summed E-state index contributed by atoms with van der Waals surface area (Å²) in [5.74, 6) is -0.209. The number of carbonyl (C=O) groups excluding carboxylic acids is 2. The molecular formula is C21H21ClN4O3. The molecule has 1 fully saturated rings. The number of hydrogen-bond acceptors (Lipinski definition) is 5. The molecule has 0 aromatic heterocycles. The second-order valence-corrected chi connectivity index (χ2v) is 6.96. The van der Waals surface area contributed by atoms with Gasteiger partial charge in [0, 0.05) is 36.9 Å². The van der Waals surface area contributed by atoms with Crippen LogP contribution in [0, 0.1) is 11.3 Å². The third kappa shape index (κ3) is 5.62. The first kappa shape index (κ1) is 20.5. The van der Waals surface area contributed by atoms with Crippen molar-refractivity contribution in [3.63, 3.8) is 0 Å². The molecule has 0 spiro atoms. The van der Waals surface area contributed by atoms with E-state index in [1.807, 2.05) is 30.3 Å². The smallest absolute Gasteiger partial charge is 0.258 e. The summed E-state index contributed by atoms with van der Waals surface area (Å²) in [6.45, 7) is 2.22. The fourth-order valence-electron chi connectivity index (χ4n) is 3.05. The van der Waals surface area contributed by atoms with Gasteiger partial charge < -0.3 is 19.9 Å². The Bertz CT molecular complexity index is 920. The van der Waals surface area contributed by atoms with Gasteiger partial charge in [0.1, 0.15) is 11.8 Å². The third-order valence-electron chi connectivity index (χ3n) is 4.61. The Kier molecular flexibility index (Phi) is 6.93. The van der Waals surface area contributed by atoms with Gasteiger partial charge in [-0.25, -0.2) is 0 Å². The van der Waals surface area contributed by atoms with Crippen molar-refractivity contribution >= 4 is 29.1 Å². The maximum Gasteiger partial charge on any atom is 0.258 e. The lowest BCUT2D eigenvalue weighted by Crippen LogP contribution is -2.51. The van der Waals surface area contributed by atoms with Crippen LogP contribution in [-0.4, -0.2) is 56.0 Å². The zero-order valence-corrected chi connectivity index (χ0v) is 16.6. The molecule has 2 amide bonds. The summed E-state index contributed by atoms with van der Waals surface area (Å²) in [5, 5.41) is 12.3. The van der Waals surface area contributed by atoms with Gasteiger partial charge in [0.05, 0.1) is 12.1 Å². The number of carbonyl (C=O) groups is 2. The van der Waals surface area contributed by atoms with Crippen LogP contribution in [0.5, 0.6) is 5.75 Å². The van der Waals surface area contributed by atoms with Crippen molar-refractivity contribution in [3.8, 4) is 11.8 Å². The number of rotatable bonds is 6. The van der Waals surface area contributed by atoms with E-state index in [4.69, 9.17) is 21.6 Å². The van der Waals surface area contributed by atoms with Crippen LogP contribution in [0.2, 0.25) is 5.02 Å². The van der Waals surface area contributed by atoms with Crippen molar-refractivity contribution < 1.29 is 14.3 Å². The number of amides is 2. The molecular weight excluding hydrogens is 392 g/mol. The largest absolute Gasteiger partial charge is 0.482 e. The van der Waals surface area contributed by atoms with Crippen LogP contribution < -0.4 is 15.0 Å². The van der Waals surface area contributed by atoms with Gasteiger partial charge in [0.15, 0.2) is 6.61 Å². The van der Waals surface area contributed by atoms with Crippen LogP contribution in [0.15, 0.2) is 48.5 Å². The normalized spacial score (nSPS) is 13.5. The molecule has 0 bridgehead atoms. The Morgan fingerprint density at radius 2 is 1.86 bits per heavy atom. The number of halogens is 1. The van der Waals surface area contributed by atoms with Gasteiger partial charge in [-0.2, -0.15) is 5.26 Å². The number of benzene rings is 2. The fraction of sp³-hybridized carbons (Fsp3) is 0.286. The number of nitrogens with zero attached hydrogens (tertiary/aromatic N) is 3. The highest BCUT2D eigenvalue weighted by Gasteiger charge is 2.21. The monoisotopic (exact) mass is 412 g/mol. The third-order valence-corrected chi connectivity index (χ3v) is 4.84. The lowest BCUT2D eigenvalue weighted by Gasteiger charge is -2.36. The van der Waals surface area contributed by atoms with Crippen molar-refractivity contribution in [1.82, 2.24) is 10.2 Å². The van der Waals surface area contributed by atoms with E-state index in [2.05, 4.69) is 10.2 Å². The van der Waals surface area contributed by atoms with Gasteiger partial charge in [-0.1, -0.05) is 29.8 Å². The molecule has 150 valence electrons. The summed E-state index contributed by atoms with van der Waals surface area (Å²) in [5.41, 5.74) is 1.39. The van der Waals surface area contributed by atoms with Crippen LogP contribution in [0.4, 0.5) is 5.69 Å². The predicted octanol–water partition coefficient (Wildman–Crippen LogP) is 2.06. The van der Waals surface area contributed by atoms with E-state index in [1.165, 1.54) is 0 Å². The summed E-state index contributed by atoms with van der Waals surface area (Å²) in [6, 6.07) is 16.3. The van der Waals surface area contributed by atoms with E-state index < -0.39 is 5.91 Å². The van der Waals surface area contributed by atoms with Crippen molar-refractivity contribution in [2.24, 2.45) is 0 Å². The Morgan fingerprint density at radius 3 is 2.59 bits per heavy atom. The van der Waals surface area contributed by atoms with Gasteiger partial charge in [0.2, 0.25) is 5.91 Å². The molecule has 7 nitrogen and oxygen atoms in total. The Morgan fingerprint density at radius 1 is 1.10 bits per heavy atom. The molecule has 8 heteroatoms. The summed E-state index contributed by atoms with van der Waals surface area (Å²) < 4.78 is 5.36. The maximum atomic E-state index is 12.4. The molecule has 3 rings (SSSR count). The van der Waals surface area contributed by atoms with Gasteiger partial charge >= 0.3 is 0 Å². The number of piperazine rings is 1. The highest BCUT2D eigenvalue weighted by molar-refractivity contribution is 6.30. The molecule has 29 heavy (non-hydrogen) atoms. The van der Waals surface area contributed by atoms with Crippen molar-refractivity contribution in [3.05, 3.63) is 59.1 Å². The second-order valence-electron chi connectivity index (χ2n) is 6.52. The molecule has 0 atom stereocenters. The quantitative estimate of drug-likeness (QED) is 0.784. The summed E-state index contributed by atoms with van der Waals surface area (Å²) in [4.78, 5) is 28.2. The van der Waals surface area contributed by atoms with Crippen LogP contribution in [0.1, 0.15) is 5.56 Å². The number of anilines is 1. The Balaban J connectivity index is 1.41. The van der Waals surface area contributed by atoms with Crippen LogP contribution in [0.3, 0.4) is 0 Å². The first-order chi connectivity index (χ1) is 14.1. The second kappa shape index (κ2) is 9.80. The molecule has 1 aliphatic rings. The average Bonchev–Trinajstić information content (AvgIpc) is 2.76. The van der Waals surface area contributed by atoms with Crippen LogP contribution >= 0.6 is 11.6 Å². The lowest BCUT2D eigenvalue weighted by atomic mass is 10.2. The lowest BCUT2D eigenvalue weighted by molar-refractivity contribution is -0.133. The van der Waals surface area contributed by atoms with E-state index >= 15 is 0 Å². The molecule has 1 N–H and O–H groups in total. The van der Waals surface area contributed by atoms with E-state index in [0.717, 1.165) is 5.69 Å². The topological polar surface area (TPSA) is 85.7 Å². The summed E-state index contributed by atoms with van der Waals surface area (Å²) in [6.07, 6.45) is 0. The summed E-state index contributed by atoms with van der Waals surface area (Å²) >= 11 is 6.04. The molecule has 1 saturated heterocycles. The highest BCUT2D eigenvalue weighted by Crippen LogP contribution is 2.20. The number of hydrogen-bond donors (Lipinski definition) is 1. The van der Waals surface area contributed by atoms with Gasteiger partial charge in [-0.15, -0.1) is 0 Å². The van der Waals surface area contributed by atoms with E-state index in [1.54, 1.807) is 29.2 Å². The van der Waals surface area contributed by atoms with Gasteiger partial charge in [0.25, 0.3) is 5.91 Å². The van der Waals surface area contributed by atoms with Gasteiger partial charge in [-0.3, -0.25) is 9.59 Å². The number of ether oxygens (including phenoxy) is 1. The molecule has 0 saturated carbocycles. The first-order valence-electron chi connectivity index (χ1n) is 9.24. The standard InChI is InChI=1S/C21H21ClN4O3/c22-17-5-3-6-18(12-17)25-8-10-26(11-9-25)21(28)14-24-20(27)15-29-19-7-2-1-4-16(19)13-23/h1-7,12H,8-11,14-15H2,(H,24,27). The molecule has 1 heterocycles. The van der Waals surface area contributed by atoms with Gasteiger partial charge in [-0.05, 0) is 30.3 Å². The SMILES string of the molecule is N#Cc1ccccc1OCC(=O)NCC(=O)N1CCN(c2cccc(Cl)c2)CC1. The van der Waals surface area contributed by atoms with E-state index in [-0.39, 0.29) is 19.1 Å². The Labute approximate surface area is 174 Å². The maximum absolute atomic E-state index is 12.4. The molecule has 0 aliphatic carbocycles. The molecule has 0 radical (unpaired) electrons. The molecule has 0 unspecified atom stereocenters. The van der Waals surface area contributed by atoms with Crippen molar-refractivity contribution in [2.75, 3.05) is 44.2 Å². The zero-order valence-electron chi connectivity index (χ0n) is 15.8. The summed E-state index contributed by atoms with van der Waals surface area (Å²) in [7, 11) is 0. The molecule has 1 aliphatic heterocycles. The van der Waals surface area contributed by atoms with Crippen molar-refractivity contribution in [1.29, 1.82) is 5.26 Å². The first-order valence-corrected chi connectivity index (χ1v) is 9.61. The molecule has 2 aromatic rings. The minimum Gasteiger partial charge on any atom is -0.482 e.